The van der Waals surface area contributed by atoms with Gasteiger partial charge in [0.25, 0.3) is 0 Å². The first-order chi connectivity index (χ1) is 32.7. The lowest BCUT2D eigenvalue weighted by Gasteiger charge is -2.50. The van der Waals surface area contributed by atoms with E-state index in [9.17, 15) is 84.9 Å². The molecule has 25 heteroatoms. The van der Waals surface area contributed by atoms with E-state index < -0.39 is 128 Å². The topological polar surface area (TPSA) is 407 Å². The Labute approximate surface area is 385 Å². The molecule has 0 amide bonds. The third-order valence-corrected chi connectivity index (χ3v) is 16.0. The minimum Gasteiger partial charge on any atom is -0.481 e. The first kappa shape index (κ1) is 42.0. The number of carbonyl (C=O) groups is 4. The van der Waals surface area contributed by atoms with Gasteiger partial charge in [0, 0.05) is 84.4 Å². The summed E-state index contributed by atoms with van der Waals surface area (Å²) in [5.41, 5.74) is 10.8. The number of fused-ring (bicyclic) bond motifs is 3. The van der Waals surface area contributed by atoms with E-state index in [4.69, 9.17) is 11.5 Å². The van der Waals surface area contributed by atoms with E-state index in [-0.39, 0.29) is 126 Å². The summed E-state index contributed by atoms with van der Waals surface area (Å²) in [5.74, 6) is -16.9. The van der Waals surface area contributed by atoms with Gasteiger partial charge in [-0.25, -0.2) is 0 Å². The Hall–Kier alpha value is -7.18. The van der Waals surface area contributed by atoms with E-state index in [2.05, 4.69) is 10.6 Å². The maximum absolute atomic E-state index is 14.5. The fraction of sp³-hybridized carbons (Fsp3) is 0.182. The number of carboxylic acid groups (broad SMARTS) is 4. The van der Waals surface area contributed by atoms with Crippen LogP contribution in [0.3, 0.4) is 0 Å². The molecule has 0 aromatic heterocycles. The minimum absolute atomic E-state index is 0.00487. The number of aliphatic carboxylic acids is 4. The van der Waals surface area contributed by atoms with Gasteiger partial charge in [-0.3, -0.25) is 19.2 Å². The van der Waals surface area contributed by atoms with Crippen LogP contribution in [0.1, 0.15) is 68.8 Å². The molecule has 19 N–H and O–H groups in total. The van der Waals surface area contributed by atoms with Crippen LogP contribution in [0, 0.1) is 11.8 Å². The van der Waals surface area contributed by atoms with Crippen LogP contribution in [-0.2, 0) is 25.6 Å². The highest BCUT2D eigenvalue weighted by Gasteiger charge is 2.60. The fourth-order valence-corrected chi connectivity index (χ4v) is 13.9. The van der Waals surface area contributed by atoms with Crippen LogP contribution in [0.25, 0.3) is 65.0 Å². The summed E-state index contributed by atoms with van der Waals surface area (Å²) in [6, 6.07) is 4.13. The van der Waals surface area contributed by atoms with Gasteiger partial charge in [-0.15, -0.1) is 0 Å². The van der Waals surface area contributed by atoms with Crippen molar-refractivity contribution in [3.8, 4) is 11.1 Å². The molecule has 7 atom stereocenters. The number of hydrogen-bond donors (Lipinski definition) is 17. The van der Waals surface area contributed by atoms with Crippen LogP contribution >= 0.6 is 0 Å². The van der Waals surface area contributed by atoms with Gasteiger partial charge in [-0.05, 0) is 76.5 Å². The van der Waals surface area contributed by atoms with Crippen LogP contribution < -0.4 is 44.0 Å². The number of benzene rings is 7. The van der Waals surface area contributed by atoms with Gasteiger partial charge in [0.15, 0.2) is 0 Å². The van der Waals surface area contributed by atoms with Gasteiger partial charge >= 0.3 is 52.4 Å². The SMILES string of the molecule is Nc1c(B(O)O)c2c3c4c1CC(O)c1c(N)c(B(O)O)c5c(c14)c1c4c(c6c7c(cc(B(O)O)c8c7c4c4c(c31)C(C2C(=O)O)C(C(=O)O)C(C(=O)O)C4N8)-c1cccc(B(O)O)c1N6)C5C(=O)O. The first-order valence-electron chi connectivity index (χ1n) is 21.6. The van der Waals surface area contributed by atoms with Crippen molar-refractivity contribution in [2.45, 2.75) is 36.3 Å². The van der Waals surface area contributed by atoms with Crippen molar-refractivity contribution in [1.82, 2.24) is 0 Å². The molecule has 6 aliphatic rings. The highest BCUT2D eigenvalue weighted by atomic mass is 16.4. The van der Waals surface area contributed by atoms with Gasteiger partial charge in [0.1, 0.15) is 5.92 Å². The molecular weight excluding hydrogens is 900 g/mol. The molecule has 7 aromatic carbocycles. The molecule has 69 heavy (non-hydrogen) atoms. The summed E-state index contributed by atoms with van der Waals surface area (Å²) in [6.07, 6.45) is -2.07. The standard InChI is InChI=1S/C44H32B4N4O17/c49-35-8-5-11(53)14-15-12(8)16-17-18-19(15)25(34(36(14)50)48(68)69)31(43(58)59)28-20(18)22-26-13-7(6-2-1-3-9(45(62)63)37(6)51-39(13)28)4-10(46(64)65)38(26)52-40-27(22)21(17)23(30(42(56)57)32(40)44(60)61)29(41(54)55)24(16)33(35)47(66)67/h1-4,11,23,29-32,40,51-53,62-69H,5,49-50H2,(H,54,55)(H,56,57)(H,58,59)(H,60,61). The number of rotatable bonds is 8. The van der Waals surface area contributed by atoms with Gasteiger partial charge in [0.2, 0.25) is 0 Å². The highest BCUT2D eigenvalue weighted by Crippen LogP contribution is 2.68. The van der Waals surface area contributed by atoms with Crippen molar-refractivity contribution in [1.29, 1.82) is 0 Å². The molecular formula is C44H32B4N4O17. The lowest BCUT2D eigenvalue weighted by molar-refractivity contribution is -0.157. The lowest BCUT2D eigenvalue weighted by atomic mass is 9.52. The van der Waals surface area contributed by atoms with Crippen molar-refractivity contribution in [2.75, 3.05) is 22.1 Å². The molecule has 0 bridgehead atoms. The quantitative estimate of drug-likeness (QED) is 0.0419. The second kappa shape index (κ2) is 13.1. The molecule has 2 heterocycles. The van der Waals surface area contributed by atoms with Crippen molar-refractivity contribution in [3.05, 3.63) is 63.2 Å². The average Bonchev–Trinajstić information content (AvgIpc) is 3.27. The van der Waals surface area contributed by atoms with E-state index in [1.54, 1.807) is 6.07 Å². The second-order valence-electron chi connectivity index (χ2n) is 18.7. The molecule has 0 spiro atoms. The number of carboxylic acids is 4. The summed E-state index contributed by atoms with van der Waals surface area (Å²) >= 11 is 0. The highest BCUT2D eigenvalue weighted by molar-refractivity contribution is 6.65. The molecule has 7 unspecified atom stereocenters. The summed E-state index contributed by atoms with van der Waals surface area (Å²) in [5, 5.41) is 154. The number of aliphatic hydroxyl groups is 1. The predicted molar refractivity (Wildman–Crippen MR) is 251 cm³/mol. The van der Waals surface area contributed by atoms with Crippen LogP contribution in [0.5, 0.6) is 0 Å². The van der Waals surface area contributed by atoms with E-state index in [0.29, 0.717) is 0 Å². The number of nitrogens with two attached hydrogens (primary N) is 2. The lowest BCUT2D eigenvalue weighted by Crippen LogP contribution is -2.51. The zero-order valence-electron chi connectivity index (χ0n) is 35.0. The van der Waals surface area contributed by atoms with Crippen molar-refractivity contribution < 1.29 is 84.9 Å². The molecule has 7 aromatic rings. The molecule has 0 fully saturated rings. The van der Waals surface area contributed by atoms with Crippen molar-refractivity contribution >= 4 is 157 Å². The zero-order valence-corrected chi connectivity index (χ0v) is 35.0. The van der Waals surface area contributed by atoms with Gasteiger partial charge in [-0.2, -0.15) is 0 Å². The zero-order chi connectivity index (χ0) is 48.8. The Morgan fingerprint density at radius 2 is 1.13 bits per heavy atom. The van der Waals surface area contributed by atoms with E-state index in [1.807, 2.05) is 0 Å². The summed E-state index contributed by atoms with van der Waals surface area (Å²) in [6.45, 7) is 0. The molecule has 13 rings (SSSR count). The van der Waals surface area contributed by atoms with Gasteiger partial charge in [0.05, 0.1) is 35.6 Å². The number of para-hydroxylation sites is 1. The van der Waals surface area contributed by atoms with Crippen LogP contribution in [0.15, 0.2) is 24.3 Å². The number of nitrogens with one attached hydrogen (secondary N) is 2. The van der Waals surface area contributed by atoms with Crippen molar-refractivity contribution in [2.24, 2.45) is 11.8 Å². The molecule has 0 saturated heterocycles. The average molecular weight is 932 g/mol. The molecule has 21 nitrogen and oxygen atoms in total. The number of nitrogen functional groups attached to an aromatic ring is 2. The fourth-order valence-electron chi connectivity index (χ4n) is 13.9. The molecule has 342 valence electrons. The van der Waals surface area contributed by atoms with Gasteiger partial charge < -0.3 is 87.8 Å². The number of hydrogen-bond acceptors (Lipinski definition) is 17. The maximum Gasteiger partial charge on any atom is 0.490 e. The number of anilines is 5. The Balaban J connectivity index is 1.46. The second-order valence-corrected chi connectivity index (χ2v) is 18.7. The monoisotopic (exact) mass is 932 g/mol. The van der Waals surface area contributed by atoms with Gasteiger partial charge in [-0.1, -0.05) is 24.3 Å². The minimum atomic E-state index is -2.55. The third-order valence-electron chi connectivity index (χ3n) is 16.0. The van der Waals surface area contributed by atoms with Crippen LogP contribution in [0.4, 0.5) is 28.4 Å². The molecule has 2 aliphatic heterocycles. The van der Waals surface area contributed by atoms with E-state index in [1.165, 1.54) is 18.2 Å². The molecule has 4 aliphatic carbocycles. The largest absolute Gasteiger partial charge is 0.490 e. The summed E-state index contributed by atoms with van der Waals surface area (Å²) in [7, 11) is -9.53. The first-order valence-corrected chi connectivity index (χ1v) is 21.6. The Bertz CT molecular complexity index is 3810. The molecule has 0 radical (unpaired) electrons. The predicted octanol–water partition coefficient (Wildman–Crippen LogP) is -2.67. The Morgan fingerprint density at radius 1 is 0.536 bits per heavy atom. The Morgan fingerprint density at radius 3 is 1.74 bits per heavy atom. The summed E-state index contributed by atoms with van der Waals surface area (Å²) < 4.78 is 0. The molecule has 0 saturated carbocycles. The number of aliphatic hydroxyl groups excluding tert-OH is 1. The normalized spacial score (nSPS) is 22.3. The van der Waals surface area contributed by atoms with E-state index >= 15 is 0 Å². The smallest absolute Gasteiger partial charge is 0.481 e. The third kappa shape index (κ3) is 4.56. The van der Waals surface area contributed by atoms with Crippen molar-refractivity contribution in [3.63, 3.8) is 0 Å². The van der Waals surface area contributed by atoms with E-state index in [0.717, 1.165) is 0 Å². The summed E-state index contributed by atoms with van der Waals surface area (Å²) in [4.78, 5) is 56.5. The van der Waals surface area contributed by atoms with Crippen LogP contribution in [-0.4, -0.2) is 118 Å². The van der Waals surface area contributed by atoms with Crippen LogP contribution in [0.2, 0.25) is 0 Å². The Kier molecular flexibility index (Phi) is 7.98. The maximum atomic E-state index is 14.5.